The van der Waals surface area contributed by atoms with Crippen molar-refractivity contribution in [1.29, 1.82) is 0 Å². The van der Waals surface area contributed by atoms with E-state index in [2.05, 4.69) is 35.1 Å². The number of anilines is 1. The number of aliphatic hydroxyl groups excluding tert-OH is 1. The number of amides is 1. The number of nitrogens with one attached hydrogen (secondary N) is 1. The van der Waals surface area contributed by atoms with Gasteiger partial charge in [0.25, 0.3) is 5.91 Å². The van der Waals surface area contributed by atoms with Gasteiger partial charge in [0.05, 0.1) is 6.61 Å². The molecule has 23 heavy (non-hydrogen) atoms. The zero-order chi connectivity index (χ0) is 16.8. The van der Waals surface area contributed by atoms with Gasteiger partial charge in [0.15, 0.2) is 6.61 Å². The normalized spacial score (nSPS) is 10.7. The van der Waals surface area contributed by atoms with Crippen molar-refractivity contribution in [2.75, 3.05) is 11.9 Å². The summed E-state index contributed by atoms with van der Waals surface area (Å²) in [6.45, 7) is 3.99. The van der Waals surface area contributed by atoms with Crippen LogP contribution in [0.4, 0.5) is 5.69 Å². The van der Waals surface area contributed by atoms with Crippen LogP contribution >= 0.6 is 15.9 Å². The highest BCUT2D eigenvalue weighted by molar-refractivity contribution is 9.10. The third-order valence-corrected chi connectivity index (χ3v) is 3.91. The number of carbonyl (C=O) groups is 1. The Bertz CT molecular complexity index is 668. The van der Waals surface area contributed by atoms with E-state index in [1.54, 1.807) is 18.2 Å². The third kappa shape index (κ3) is 5.08. The van der Waals surface area contributed by atoms with Gasteiger partial charge in [-0.2, -0.15) is 0 Å². The van der Waals surface area contributed by atoms with Crippen molar-refractivity contribution in [3.05, 3.63) is 58.1 Å². The topological polar surface area (TPSA) is 58.6 Å². The first-order valence-corrected chi connectivity index (χ1v) is 8.21. The van der Waals surface area contributed by atoms with Gasteiger partial charge in [-0.15, -0.1) is 0 Å². The van der Waals surface area contributed by atoms with E-state index in [0.717, 1.165) is 10.2 Å². The zero-order valence-corrected chi connectivity index (χ0v) is 14.8. The van der Waals surface area contributed by atoms with Crippen molar-refractivity contribution < 1.29 is 14.6 Å². The molecule has 0 atom stereocenters. The lowest BCUT2D eigenvalue weighted by Crippen LogP contribution is -2.20. The summed E-state index contributed by atoms with van der Waals surface area (Å²) in [4.78, 5) is 12.0. The summed E-state index contributed by atoms with van der Waals surface area (Å²) in [5, 5.41) is 12.1. The van der Waals surface area contributed by atoms with Gasteiger partial charge in [-0.3, -0.25) is 4.79 Å². The first-order valence-electron chi connectivity index (χ1n) is 7.41. The Balaban J connectivity index is 1.92. The molecule has 0 saturated heterocycles. The molecule has 2 rings (SSSR count). The minimum Gasteiger partial charge on any atom is -0.483 e. The SMILES string of the molecule is CC(C)c1ccc(NC(=O)COc2ccc(Br)cc2CO)cc1. The van der Waals surface area contributed by atoms with Gasteiger partial charge < -0.3 is 15.2 Å². The number of ether oxygens (including phenoxy) is 1. The number of rotatable bonds is 6. The van der Waals surface area contributed by atoms with Crippen molar-refractivity contribution in [3.63, 3.8) is 0 Å². The molecule has 0 saturated carbocycles. The molecule has 2 aromatic rings. The zero-order valence-electron chi connectivity index (χ0n) is 13.2. The van der Waals surface area contributed by atoms with E-state index in [0.29, 0.717) is 17.2 Å². The van der Waals surface area contributed by atoms with Crippen LogP contribution in [-0.4, -0.2) is 17.6 Å². The Labute approximate surface area is 144 Å². The van der Waals surface area contributed by atoms with Crippen LogP contribution in [0.5, 0.6) is 5.75 Å². The largest absolute Gasteiger partial charge is 0.483 e. The van der Waals surface area contributed by atoms with Crippen molar-refractivity contribution in [2.24, 2.45) is 0 Å². The summed E-state index contributed by atoms with van der Waals surface area (Å²) in [6.07, 6.45) is 0. The molecule has 0 aromatic heterocycles. The summed E-state index contributed by atoms with van der Waals surface area (Å²) in [7, 11) is 0. The molecule has 2 aromatic carbocycles. The molecule has 0 aliphatic heterocycles. The standard InChI is InChI=1S/C18H20BrNO3/c1-12(2)13-3-6-16(7-4-13)20-18(22)11-23-17-8-5-15(19)9-14(17)10-21/h3-9,12,21H,10-11H2,1-2H3,(H,20,22). The quantitative estimate of drug-likeness (QED) is 0.796. The molecule has 0 heterocycles. The van der Waals surface area contributed by atoms with E-state index in [1.165, 1.54) is 5.56 Å². The highest BCUT2D eigenvalue weighted by Gasteiger charge is 2.08. The van der Waals surface area contributed by atoms with E-state index >= 15 is 0 Å². The van der Waals surface area contributed by atoms with Gasteiger partial charge in [0, 0.05) is 15.7 Å². The van der Waals surface area contributed by atoms with Crippen LogP contribution < -0.4 is 10.1 Å². The molecule has 0 aliphatic carbocycles. The van der Waals surface area contributed by atoms with Crippen LogP contribution in [0.3, 0.4) is 0 Å². The lowest BCUT2D eigenvalue weighted by atomic mass is 10.0. The second kappa shape index (κ2) is 8.13. The number of benzene rings is 2. The number of aliphatic hydroxyl groups is 1. The monoisotopic (exact) mass is 377 g/mol. The molecule has 0 aliphatic rings. The fourth-order valence-corrected chi connectivity index (χ4v) is 2.51. The van der Waals surface area contributed by atoms with Crippen LogP contribution in [0, 0.1) is 0 Å². The minimum absolute atomic E-state index is 0.111. The smallest absolute Gasteiger partial charge is 0.262 e. The van der Waals surface area contributed by atoms with Crippen molar-refractivity contribution >= 4 is 27.5 Å². The molecular weight excluding hydrogens is 358 g/mol. The number of hydrogen-bond acceptors (Lipinski definition) is 3. The molecule has 0 fully saturated rings. The average Bonchev–Trinajstić information content (AvgIpc) is 2.54. The van der Waals surface area contributed by atoms with Crippen LogP contribution in [-0.2, 0) is 11.4 Å². The first kappa shape index (κ1) is 17.5. The Morgan fingerprint density at radius 1 is 1.22 bits per heavy atom. The lowest BCUT2D eigenvalue weighted by Gasteiger charge is -2.11. The van der Waals surface area contributed by atoms with Gasteiger partial charge in [0.1, 0.15) is 5.75 Å². The van der Waals surface area contributed by atoms with Crippen molar-refractivity contribution in [2.45, 2.75) is 26.4 Å². The van der Waals surface area contributed by atoms with Gasteiger partial charge in [-0.25, -0.2) is 0 Å². The minimum atomic E-state index is -0.242. The van der Waals surface area contributed by atoms with Gasteiger partial charge >= 0.3 is 0 Å². The van der Waals surface area contributed by atoms with Gasteiger partial charge in [0.2, 0.25) is 0 Å². The summed E-state index contributed by atoms with van der Waals surface area (Å²) < 4.78 is 6.34. The Morgan fingerprint density at radius 2 is 1.91 bits per heavy atom. The van der Waals surface area contributed by atoms with E-state index < -0.39 is 0 Å². The molecule has 0 unspecified atom stereocenters. The molecule has 4 nitrogen and oxygen atoms in total. The number of hydrogen-bond donors (Lipinski definition) is 2. The van der Waals surface area contributed by atoms with E-state index in [9.17, 15) is 9.90 Å². The molecule has 122 valence electrons. The molecule has 5 heteroatoms. The summed E-state index contributed by atoms with van der Waals surface area (Å²) in [6, 6.07) is 13.0. The summed E-state index contributed by atoms with van der Waals surface area (Å²) in [5.41, 5.74) is 2.59. The van der Waals surface area contributed by atoms with Crippen molar-refractivity contribution in [1.82, 2.24) is 0 Å². The van der Waals surface area contributed by atoms with Crippen LogP contribution in [0.15, 0.2) is 46.9 Å². The van der Waals surface area contributed by atoms with Gasteiger partial charge in [-0.1, -0.05) is 41.9 Å². The highest BCUT2D eigenvalue weighted by Crippen LogP contribution is 2.23. The fraction of sp³-hybridized carbons (Fsp3) is 0.278. The number of carbonyl (C=O) groups excluding carboxylic acids is 1. The molecule has 2 N–H and O–H groups in total. The van der Waals surface area contributed by atoms with E-state index in [1.807, 2.05) is 24.3 Å². The predicted octanol–water partition coefficient (Wildman–Crippen LogP) is 4.08. The third-order valence-electron chi connectivity index (χ3n) is 3.41. The molecule has 0 radical (unpaired) electrons. The maximum atomic E-state index is 12.0. The van der Waals surface area contributed by atoms with Crippen LogP contribution in [0.2, 0.25) is 0 Å². The number of halogens is 1. The lowest BCUT2D eigenvalue weighted by molar-refractivity contribution is -0.118. The second-order valence-electron chi connectivity index (χ2n) is 5.52. The average molecular weight is 378 g/mol. The highest BCUT2D eigenvalue weighted by atomic mass is 79.9. The summed E-state index contributed by atoms with van der Waals surface area (Å²) in [5.74, 6) is 0.715. The van der Waals surface area contributed by atoms with Gasteiger partial charge in [-0.05, 0) is 41.8 Å². The Kier molecular flexibility index (Phi) is 6.19. The fourth-order valence-electron chi connectivity index (χ4n) is 2.10. The molecule has 0 spiro atoms. The first-order chi connectivity index (χ1) is 11.0. The predicted molar refractivity (Wildman–Crippen MR) is 94.7 cm³/mol. The van der Waals surface area contributed by atoms with E-state index in [-0.39, 0.29) is 19.1 Å². The summed E-state index contributed by atoms with van der Waals surface area (Å²) >= 11 is 3.33. The van der Waals surface area contributed by atoms with Crippen molar-refractivity contribution in [3.8, 4) is 5.75 Å². The van der Waals surface area contributed by atoms with Crippen LogP contribution in [0.1, 0.15) is 30.9 Å². The molecular formula is C18H20BrNO3. The molecule has 1 amide bonds. The molecule has 0 bridgehead atoms. The van der Waals surface area contributed by atoms with Crippen LogP contribution in [0.25, 0.3) is 0 Å². The van der Waals surface area contributed by atoms with E-state index in [4.69, 9.17) is 4.74 Å². The second-order valence-corrected chi connectivity index (χ2v) is 6.44. The maximum Gasteiger partial charge on any atom is 0.262 e. The Morgan fingerprint density at radius 3 is 2.52 bits per heavy atom. The maximum absolute atomic E-state index is 12.0. The Hall–Kier alpha value is -1.85.